The van der Waals surface area contributed by atoms with Gasteiger partial charge in [-0.15, -0.1) is 35.0 Å². The van der Waals surface area contributed by atoms with Crippen molar-refractivity contribution in [2.45, 2.75) is 71.4 Å². The summed E-state index contributed by atoms with van der Waals surface area (Å²) >= 11 is 0. The van der Waals surface area contributed by atoms with Crippen LogP contribution in [-0.4, -0.2) is 9.55 Å². The Morgan fingerprint density at radius 2 is 1.52 bits per heavy atom. The minimum Gasteiger partial charge on any atom is -0.336 e. The van der Waals surface area contributed by atoms with E-state index in [9.17, 15) is 0 Å². The third kappa shape index (κ3) is 5.20. The third-order valence-corrected chi connectivity index (χ3v) is 11.0. The zero-order valence-corrected chi connectivity index (χ0v) is 33.1. The Morgan fingerprint density at radius 1 is 0.796 bits per heavy atom. The van der Waals surface area contributed by atoms with Crippen LogP contribution < -0.4 is 9.38 Å². The quantitative estimate of drug-likeness (QED) is 0.0985. The van der Waals surface area contributed by atoms with Crippen molar-refractivity contribution >= 4 is 49.1 Å². The normalized spacial score (nSPS) is 17.6. The molecule has 1 aliphatic heterocycles. The number of hydrogen-bond donors (Lipinski definition) is 0. The second-order valence-electron chi connectivity index (χ2n) is 15.5. The summed E-state index contributed by atoms with van der Waals surface area (Å²) in [6, 6.07) is 42.7. The fourth-order valence-corrected chi connectivity index (χ4v) is 7.97. The molecule has 0 radical (unpaired) electrons. The van der Waals surface area contributed by atoms with E-state index in [0.717, 1.165) is 11.3 Å². The summed E-state index contributed by atoms with van der Waals surface area (Å²) < 4.78 is 81.7. The molecule has 0 amide bonds. The number of nitrogens with zero attached hydrogens (tertiary/aromatic N) is 4. The average molecular weight is 890 g/mol. The largest absolute Gasteiger partial charge is 3.00 e. The molecule has 0 saturated carbocycles. The smallest absolute Gasteiger partial charge is 0.336 e. The first-order valence-corrected chi connectivity index (χ1v) is 17.9. The molecule has 268 valence electrons. The van der Waals surface area contributed by atoms with Crippen molar-refractivity contribution in [3.63, 3.8) is 0 Å². The molecule has 5 heterocycles. The van der Waals surface area contributed by atoms with Gasteiger partial charge in [-0.25, -0.2) is 4.98 Å². The summed E-state index contributed by atoms with van der Waals surface area (Å²) in [5.74, 6) is 0.950. The molecule has 0 fully saturated rings. The fourth-order valence-electron chi connectivity index (χ4n) is 7.97. The molecule has 9 aromatic rings. The molecule has 0 unspecified atom stereocenters. The van der Waals surface area contributed by atoms with Gasteiger partial charge in [0.15, 0.2) is 0 Å². The molecule has 1 aliphatic rings. The summed E-state index contributed by atoms with van der Waals surface area (Å²) in [6.07, 6.45) is 1.90. The van der Waals surface area contributed by atoms with Gasteiger partial charge >= 0.3 is 20.1 Å². The Kier molecular flexibility index (Phi) is 6.29. The number of fused-ring (bicyclic) bond motifs is 6. The summed E-state index contributed by atoms with van der Waals surface area (Å²) in [5.41, 5.74) is 1.93. The molecule has 10 rings (SSSR count). The fraction of sp³-hybridized carbons (Fsp3) is 0.224. The van der Waals surface area contributed by atoms with Gasteiger partial charge in [-0.05, 0) is 52.4 Å². The number of aromatic nitrogens is 4. The van der Waals surface area contributed by atoms with E-state index < -0.39 is 31.4 Å². The van der Waals surface area contributed by atoms with Crippen molar-refractivity contribution in [2.24, 2.45) is 0 Å². The Balaban J connectivity index is 0.000000193. The Bertz CT molecular complexity index is 3160. The van der Waals surface area contributed by atoms with E-state index in [-0.39, 0.29) is 42.5 Å². The van der Waals surface area contributed by atoms with Crippen molar-refractivity contribution in [3.05, 3.63) is 156 Å². The molecule has 4 aromatic heterocycles. The van der Waals surface area contributed by atoms with E-state index in [4.69, 9.17) is 17.3 Å². The van der Waals surface area contributed by atoms with Gasteiger partial charge in [0.1, 0.15) is 5.82 Å². The number of hydrogen-bond acceptors (Lipinski definition) is 1. The van der Waals surface area contributed by atoms with E-state index in [1.165, 1.54) is 27.9 Å². The number of imidazole rings is 1. The van der Waals surface area contributed by atoms with Gasteiger partial charge < -0.3 is 8.97 Å². The van der Waals surface area contributed by atoms with Crippen molar-refractivity contribution < 1.29 is 36.8 Å². The van der Waals surface area contributed by atoms with Crippen molar-refractivity contribution in [3.8, 4) is 17.1 Å². The van der Waals surface area contributed by atoms with Crippen LogP contribution >= 0.6 is 0 Å². The van der Waals surface area contributed by atoms with Gasteiger partial charge in [-0.1, -0.05) is 125 Å². The van der Waals surface area contributed by atoms with E-state index in [1.807, 2.05) is 24.4 Å². The van der Waals surface area contributed by atoms with Crippen LogP contribution in [0.4, 0.5) is 0 Å². The van der Waals surface area contributed by atoms with Crippen molar-refractivity contribution in [2.75, 3.05) is 0 Å². The van der Waals surface area contributed by atoms with Crippen molar-refractivity contribution in [1.82, 2.24) is 14.5 Å². The Hall–Kier alpha value is -5.09. The first-order chi connectivity index (χ1) is 29.1. The van der Waals surface area contributed by atoms with E-state index >= 15 is 0 Å². The van der Waals surface area contributed by atoms with Crippen LogP contribution in [0.25, 0.3) is 66.2 Å². The monoisotopic (exact) mass is 890 g/mol. The standard InChI is InChI=1S/C28H25N2.C21H19N2.Ir/c1-17-15-16-21-24-22(17)19-13-9-10-14-20(19)26-29-23(18-11-7-6-8-12-18)25(30(24)26)28(4,5)27(21,2)3;1-21(2,3)15-12-13-22-20(14-15)23-18-10-6-4-8-16(18)17-9-5-7-11-19(17)23;/h6-13,15-16H,1-5H3;4-10,12-14H,1-3H3;/q2*-1;+3/i1D3,4D3,5D3;;. The predicted molar refractivity (Wildman–Crippen MR) is 219 cm³/mol. The maximum atomic E-state index is 8.82. The Labute approximate surface area is 343 Å². The van der Waals surface area contributed by atoms with Crippen molar-refractivity contribution in [1.29, 1.82) is 0 Å². The van der Waals surface area contributed by atoms with Gasteiger partial charge in [0.25, 0.3) is 0 Å². The summed E-state index contributed by atoms with van der Waals surface area (Å²) in [4.78, 5) is 9.57. The first-order valence-electron chi connectivity index (χ1n) is 22.4. The van der Waals surface area contributed by atoms with Gasteiger partial charge in [0, 0.05) is 51.7 Å². The topological polar surface area (TPSA) is 36.0 Å². The molecule has 0 saturated heterocycles. The molecule has 54 heavy (non-hydrogen) atoms. The van der Waals surface area contributed by atoms with Crippen LogP contribution in [0.1, 0.15) is 83.0 Å². The summed E-state index contributed by atoms with van der Waals surface area (Å²) in [7, 11) is 0. The summed E-state index contributed by atoms with van der Waals surface area (Å²) in [5, 5.41) is 3.97. The maximum Gasteiger partial charge on any atom is 3.00 e. The molecule has 0 spiro atoms. The number of para-hydroxylation sites is 2. The molecule has 4 nitrogen and oxygen atoms in total. The van der Waals surface area contributed by atoms with E-state index in [1.54, 1.807) is 66.8 Å². The molecule has 0 N–H and O–H groups in total. The minimum absolute atomic E-state index is 0. The van der Waals surface area contributed by atoms with Crippen LogP contribution in [0.15, 0.2) is 121 Å². The number of aryl methyl sites for hydroxylation is 1. The third-order valence-electron chi connectivity index (χ3n) is 11.0. The second kappa shape index (κ2) is 12.8. The van der Waals surface area contributed by atoms with Crippen LogP contribution in [0.3, 0.4) is 0 Å². The van der Waals surface area contributed by atoms with Gasteiger partial charge in [0.05, 0.1) is 11.3 Å². The average Bonchev–Trinajstić information content (AvgIpc) is 3.77. The van der Waals surface area contributed by atoms with Gasteiger partial charge in [-0.2, -0.15) is 24.3 Å². The number of rotatable bonds is 2. The SMILES string of the molecule is CC(C)(C)c1ccnc(-n2c3[c-]cccc3c3ccccc32)c1.[2H]C([2H])([2H])c1ccc2c3c1c1ccc[c-]c1c1[n-]c(-c4ccccc4)c([n+]13)C(C([2H])([2H])[2H])(C([2H])([2H])[2H])C2(C)C.[Ir+3]. The molecular weight excluding hydrogens is 837 g/mol. The minimum atomic E-state index is -3.00. The molecular formula is C49H44IrN4+. The maximum absolute atomic E-state index is 8.82. The van der Waals surface area contributed by atoms with E-state index in [2.05, 4.69) is 84.9 Å². The van der Waals surface area contributed by atoms with Crippen LogP contribution in [0.2, 0.25) is 0 Å². The molecule has 0 aliphatic carbocycles. The van der Waals surface area contributed by atoms with Crippen LogP contribution in [0.5, 0.6) is 0 Å². The molecule has 0 atom stereocenters. The van der Waals surface area contributed by atoms with Crippen LogP contribution in [-0.2, 0) is 36.4 Å². The number of pyridine rings is 2. The molecule has 5 heteroatoms. The summed E-state index contributed by atoms with van der Waals surface area (Å²) in [6.45, 7) is 1.47. The van der Waals surface area contributed by atoms with Gasteiger partial charge in [-0.3, -0.25) is 4.98 Å². The van der Waals surface area contributed by atoms with Gasteiger partial charge in [0.2, 0.25) is 0 Å². The number of benzene rings is 5. The molecule has 5 aromatic carbocycles. The zero-order valence-electron chi connectivity index (χ0n) is 39.7. The Morgan fingerprint density at radius 3 is 2.28 bits per heavy atom. The van der Waals surface area contributed by atoms with Crippen LogP contribution in [0, 0.1) is 19.0 Å². The molecule has 0 bridgehead atoms. The zero-order chi connectivity index (χ0) is 44.4. The predicted octanol–water partition coefficient (Wildman–Crippen LogP) is 11.3. The first kappa shape index (κ1) is 26.6. The van der Waals surface area contributed by atoms with E-state index in [0.29, 0.717) is 38.4 Å². The second-order valence-corrected chi connectivity index (χ2v) is 15.5.